The third kappa shape index (κ3) is 5.50. The van der Waals surface area contributed by atoms with Crippen molar-refractivity contribution in [2.75, 3.05) is 32.2 Å². The Balaban J connectivity index is 2.30. The lowest BCUT2D eigenvalue weighted by atomic mass is 9.92. The molecule has 0 saturated carbocycles. The van der Waals surface area contributed by atoms with Crippen LogP contribution in [-0.4, -0.2) is 42.8 Å². The van der Waals surface area contributed by atoms with Gasteiger partial charge >= 0.3 is 0 Å². The van der Waals surface area contributed by atoms with E-state index in [0.29, 0.717) is 48.2 Å². The molecule has 7 heteroatoms. The van der Waals surface area contributed by atoms with E-state index < -0.39 is 6.29 Å². The van der Waals surface area contributed by atoms with E-state index in [0.717, 1.165) is 16.8 Å². The molecule has 4 N–H and O–H groups in total. The number of methoxy groups -OCH3 is 1. The Morgan fingerprint density at radius 2 is 1.78 bits per heavy atom. The lowest BCUT2D eigenvalue weighted by molar-refractivity contribution is -0.0981. The number of hydrogen-bond acceptors (Lipinski definition) is 6. The van der Waals surface area contributed by atoms with Crippen molar-refractivity contribution in [1.29, 1.82) is 0 Å². The maximum Gasteiger partial charge on any atom is 0.183 e. The van der Waals surface area contributed by atoms with Crippen molar-refractivity contribution in [2.24, 2.45) is 10.7 Å². The van der Waals surface area contributed by atoms with Gasteiger partial charge in [-0.1, -0.05) is 48.5 Å². The predicted octanol–water partition coefficient (Wildman–Crippen LogP) is 4.18. The van der Waals surface area contributed by atoms with E-state index in [4.69, 9.17) is 20.2 Å². The van der Waals surface area contributed by atoms with Gasteiger partial charge in [-0.3, -0.25) is 4.99 Å². The fourth-order valence-corrected chi connectivity index (χ4v) is 3.50. The lowest BCUT2D eigenvalue weighted by Gasteiger charge is -2.23. The molecule has 1 heterocycles. The molecule has 1 atom stereocenters. The molecule has 168 valence electrons. The van der Waals surface area contributed by atoms with E-state index >= 15 is 0 Å². The molecule has 2 aromatic carbocycles. The van der Waals surface area contributed by atoms with Crippen LogP contribution in [0, 0.1) is 6.92 Å². The number of pyridine rings is 1. The highest BCUT2D eigenvalue weighted by atomic mass is 16.6. The van der Waals surface area contributed by atoms with Gasteiger partial charge in [0.15, 0.2) is 6.29 Å². The molecule has 0 amide bonds. The number of aliphatic hydroxyl groups excluding tert-OH is 1. The summed E-state index contributed by atoms with van der Waals surface area (Å²) in [5.41, 5.74) is 10.8. The molecule has 0 saturated heterocycles. The predicted molar refractivity (Wildman–Crippen MR) is 128 cm³/mol. The number of rotatable bonds is 10. The van der Waals surface area contributed by atoms with Gasteiger partial charge in [-0.2, -0.15) is 0 Å². The van der Waals surface area contributed by atoms with Crippen LogP contribution in [0.4, 0.5) is 11.5 Å². The molecule has 32 heavy (non-hydrogen) atoms. The zero-order valence-corrected chi connectivity index (χ0v) is 18.7. The summed E-state index contributed by atoms with van der Waals surface area (Å²) in [4.78, 5) is 9.28. The molecule has 0 aliphatic carbocycles. The van der Waals surface area contributed by atoms with Crippen LogP contribution in [0.15, 0.2) is 65.7 Å². The fourth-order valence-electron chi connectivity index (χ4n) is 3.50. The van der Waals surface area contributed by atoms with Crippen molar-refractivity contribution in [3.05, 3.63) is 77.5 Å². The Hall–Kier alpha value is -3.26. The van der Waals surface area contributed by atoms with Gasteiger partial charge in [-0.15, -0.1) is 0 Å². The number of aryl methyl sites for hydroxylation is 1. The van der Waals surface area contributed by atoms with Gasteiger partial charge in [0.1, 0.15) is 11.7 Å². The average molecular weight is 435 g/mol. The maximum atomic E-state index is 10.9. The number of ether oxygens (including phenoxy) is 2. The minimum absolute atomic E-state index is 0.303. The molecular weight excluding hydrogens is 404 g/mol. The molecule has 0 aliphatic rings. The summed E-state index contributed by atoms with van der Waals surface area (Å²) >= 11 is 0. The Morgan fingerprint density at radius 1 is 1.12 bits per heavy atom. The summed E-state index contributed by atoms with van der Waals surface area (Å²) in [6.07, 6.45) is -1.15. The van der Waals surface area contributed by atoms with E-state index in [9.17, 15) is 5.11 Å². The van der Waals surface area contributed by atoms with E-state index in [1.165, 1.54) is 0 Å². The smallest absolute Gasteiger partial charge is 0.183 e. The molecule has 0 aliphatic heterocycles. The van der Waals surface area contributed by atoms with Gasteiger partial charge in [0.05, 0.1) is 18.7 Å². The highest BCUT2D eigenvalue weighted by molar-refractivity contribution is 6.08. The molecule has 1 aromatic heterocycles. The minimum atomic E-state index is -1.15. The number of aromatic nitrogens is 1. The van der Waals surface area contributed by atoms with Gasteiger partial charge in [-0.05, 0) is 31.5 Å². The van der Waals surface area contributed by atoms with Crippen LogP contribution in [0.1, 0.15) is 30.0 Å². The van der Waals surface area contributed by atoms with Crippen LogP contribution in [-0.2, 0) is 9.47 Å². The highest BCUT2D eigenvalue weighted by Gasteiger charge is 2.26. The number of nitrogens with one attached hydrogen (secondary N) is 1. The number of benzene rings is 2. The first kappa shape index (κ1) is 23.4. The standard InChI is InChI=1S/C25H30N4O3/c1-4-32-25(30)20-17(2)28-24(29-19-13-9-6-10-14-19)22(23(26)27-15-16-31-3)21(20)18-11-7-5-8-12-18/h5-14,25,30H,4,15-16H2,1-3H3,(H2,26,27)(H,28,29). The SMILES string of the molecule is CCOC(O)c1c(C)nc(Nc2ccccc2)c(C(N)=NCCOC)c1-c1ccccc1. The average Bonchev–Trinajstić information content (AvgIpc) is 2.80. The maximum absolute atomic E-state index is 10.9. The Kier molecular flexibility index (Phi) is 8.33. The first-order valence-electron chi connectivity index (χ1n) is 10.6. The number of aliphatic imine (C=N–C) groups is 1. The first-order valence-corrected chi connectivity index (χ1v) is 10.6. The van der Waals surface area contributed by atoms with Gasteiger partial charge in [0.25, 0.3) is 0 Å². The summed E-state index contributed by atoms with van der Waals surface area (Å²) < 4.78 is 10.7. The second-order valence-corrected chi connectivity index (χ2v) is 7.13. The Morgan fingerprint density at radius 3 is 2.41 bits per heavy atom. The molecular formula is C25H30N4O3. The third-order valence-electron chi connectivity index (χ3n) is 4.93. The minimum Gasteiger partial charge on any atom is -0.383 e. The van der Waals surface area contributed by atoms with Crippen molar-refractivity contribution in [3.63, 3.8) is 0 Å². The number of aliphatic hydroxyl groups is 1. The van der Waals surface area contributed by atoms with Gasteiger partial charge in [-0.25, -0.2) is 4.98 Å². The third-order valence-corrected chi connectivity index (χ3v) is 4.93. The molecule has 0 bridgehead atoms. The molecule has 0 radical (unpaired) electrons. The Labute approximate surface area is 188 Å². The number of nitrogens with zero attached hydrogens (tertiary/aromatic N) is 2. The second-order valence-electron chi connectivity index (χ2n) is 7.13. The van der Waals surface area contributed by atoms with Crippen LogP contribution in [0.25, 0.3) is 11.1 Å². The van der Waals surface area contributed by atoms with Crippen molar-refractivity contribution >= 4 is 17.3 Å². The first-order chi connectivity index (χ1) is 15.6. The van der Waals surface area contributed by atoms with E-state index in [-0.39, 0.29) is 0 Å². The molecule has 3 aromatic rings. The molecule has 1 unspecified atom stereocenters. The van der Waals surface area contributed by atoms with E-state index in [1.807, 2.05) is 74.5 Å². The summed E-state index contributed by atoms with van der Waals surface area (Å²) in [7, 11) is 1.62. The highest BCUT2D eigenvalue weighted by Crippen LogP contribution is 2.38. The summed E-state index contributed by atoms with van der Waals surface area (Å²) in [6.45, 7) is 4.88. The largest absolute Gasteiger partial charge is 0.383 e. The van der Waals surface area contributed by atoms with E-state index in [1.54, 1.807) is 7.11 Å². The van der Waals surface area contributed by atoms with Crippen molar-refractivity contribution in [1.82, 2.24) is 4.98 Å². The summed E-state index contributed by atoms with van der Waals surface area (Å²) in [6, 6.07) is 19.5. The zero-order chi connectivity index (χ0) is 22.9. The summed E-state index contributed by atoms with van der Waals surface area (Å²) in [5.74, 6) is 0.857. The quantitative estimate of drug-likeness (QED) is 0.191. The van der Waals surface area contributed by atoms with Crippen LogP contribution in [0.2, 0.25) is 0 Å². The lowest BCUT2D eigenvalue weighted by Crippen LogP contribution is -2.22. The van der Waals surface area contributed by atoms with Crippen molar-refractivity contribution in [2.45, 2.75) is 20.1 Å². The van der Waals surface area contributed by atoms with Crippen LogP contribution >= 0.6 is 0 Å². The van der Waals surface area contributed by atoms with Crippen LogP contribution < -0.4 is 11.1 Å². The number of anilines is 2. The summed E-state index contributed by atoms with van der Waals surface area (Å²) in [5, 5.41) is 14.2. The monoisotopic (exact) mass is 434 g/mol. The fraction of sp³-hybridized carbons (Fsp3) is 0.280. The normalized spacial score (nSPS) is 12.6. The zero-order valence-electron chi connectivity index (χ0n) is 18.7. The molecule has 0 fully saturated rings. The topological polar surface area (TPSA) is 102 Å². The Bertz CT molecular complexity index is 1040. The molecule has 0 spiro atoms. The van der Waals surface area contributed by atoms with Crippen LogP contribution in [0.5, 0.6) is 0 Å². The number of amidine groups is 1. The number of hydrogen-bond donors (Lipinski definition) is 3. The molecule has 3 rings (SSSR count). The van der Waals surface area contributed by atoms with Crippen molar-refractivity contribution in [3.8, 4) is 11.1 Å². The van der Waals surface area contributed by atoms with Gasteiger partial charge in [0.2, 0.25) is 0 Å². The van der Waals surface area contributed by atoms with Crippen LogP contribution in [0.3, 0.4) is 0 Å². The van der Waals surface area contributed by atoms with Gasteiger partial charge in [0, 0.05) is 36.2 Å². The number of nitrogens with two attached hydrogens (primary N) is 1. The second kappa shape index (κ2) is 11.4. The van der Waals surface area contributed by atoms with Crippen molar-refractivity contribution < 1.29 is 14.6 Å². The van der Waals surface area contributed by atoms with E-state index in [2.05, 4.69) is 10.3 Å². The number of para-hydroxylation sites is 1. The van der Waals surface area contributed by atoms with Gasteiger partial charge < -0.3 is 25.6 Å². The molecule has 7 nitrogen and oxygen atoms in total.